The summed E-state index contributed by atoms with van der Waals surface area (Å²) in [5.74, 6) is 1.02. The smallest absolute Gasteiger partial charge is 0.324 e. The van der Waals surface area contributed by atoms with E-state index in [0.29, 0.717) is 23.8 Å². The van der Waals surface area contributed by atoms with Crippen molar-refractivity contribution in [3.8, 4) is 0 Å². The average Bonchev–Trinajstić information content (AvgIpc) is 3.24. The van der Waals surface area contributed by atoms with E-state index in [1.807, 2.05) is 11.1 Å². The number of aromatic nitrogens is 1. The number of nitrogens with one attached hydrogen (secondary N) is 2. The third-order valence-electron chi connectivity index (χ3n) is 6.66. The maximum atomic E-state index is 13.3. The molecule has 0 atom stereocenters. The number of anilines is 1. The van der Waals surface area contributed by atoms with Crippen molar-refractivity contribution in [2.45, 2.75) is 80.5 Å². The Bertz CT molecular complexity index is 713. The second-order valence-electron chi connectivity index (χ2n) is 8.81. The first-order chi connectivity index (χ1) is 15.2. The maximum Gasteiger partial charge on any atom is 0.324 e. The van der Waals surface area contributed by atoms with Gasteiger partial charge >= 0.3 is 6.03 Å². The number of thiazole rings is 1. The van der Waals surface area contributed by atoms with Crippen LogP contribution in [0.5, 0.6) is 0 Å². The monoisotopic (exact) mass is 465 g/mol. The topological polar surface area (TPSA) is 77.6 Å². The van der Waals surface area contributed by atoms with E-state index in [2.05, 4.69) is 20.5 Å². The lowest BCUT2D eigenvalue weighted by atomic mass is 9.89. The molecule has 2 N–H and O–H groups in total. The Morgan fingerprint density at radius 1 is 1.16 bits per heavy atom. The lowest BCUT2D eigenvalue weighted by Crippen LogP contribution is -2.50. The number of thioether (sulfide) groups is 1. The van der Waals surface area contributed by atoms with Gasteiger partial charge in [0.2, 0.25) is 5.91 Å². The highest BCUT2D eigenvalue weighted by atomic mass is 32.2. The van der Waals surface area contributed by atoms with Crippen LogP contribution in [0.15, 0.2) is 10.4 Å². The van der Waals surface area contributed by atoms with Crippen LogP contribution in [0.4, 0.5) is 9.93 Å². The van der Waals surface area contributed by atoms with Gasteiger partial charge < -0.3 is 15.1 Å². The molecule has 3 aliphatic rings. The molecular formula is C22H35N5O2S2. The molecule has 2 heterocycles. The summed E-state index contributed by atoms with van der Waals surface area (Å²) < 4.78 is 1.08. The quantitative estimate of drug-likeness (QED) is 0.591. The van der Waals surface area contributed by atoms with E-state index in [1.54, 1.807) is 11.8 Å². The van der Waals surface area contributed by atoms with E-state index in [1.165, 1.54) is 49.9 Å². The van der Waals surface area contributed by atoms with Gasteiger partial charge in [-0.05, 0) is 25.7 Å². The van der Waals surface area contributed by atoms with E-state index in [4.69, 9.17) is 0 Å². The van der Waals surface area contributed by atoms with Crippen molar-refractivity contribution in [3.63, 3.8) is 0 Å². The van der Waals surface area contributed by atoms with Gasteiger partial charge in [0.05, 0.1) is 17.0 Å². The van der Waals surface area contributed by atoms with Crippen LogP contribution in [0.25, 0.3) is 0 Å². The molecule has 172 valence electrons. The molecule has 1 saturated heterocycles. The predicted octanol–water partition coefficient (Wildman–Crippen LogP) is 4.17. The fourth-order valence-corrected chi connectivity index (χ4v) is 6.93. The van der Waals surface area contributed by atoms with Gasteiger partial charge in [0.1, 0.15) is 0 Å². The molecule has 1 aromatic heterocycles. The van der Waals surface area contributed by atoms with Gasteiger partial charge in [-0.3, -0.25) is 10.1 Å². The van der Waals surface area contributed by atoms with Gasteiger partial charge in [-0.25, -0.2) is 9.78 Å². The van der Waals surface area contributed by atoms with E-state index in [9.17, 15) is 9.59 Å². The van der Waals surface area contributed by atoms with Crippen molar-refractivity contribution in [2.24, 2.45) is 0 Å². The molecule has 0 aromatic carbocycles. The molecule has 3 amide bonds. The van der Waals surface area contributed by atoms with Gasteiger partial charge in [0, 0.05) is 37.5 Å². The summed E-state index contributed by atoms with van der Waals surface area (Å²) in [6, 6.07) is 0.792. The van der Waals surface area contributed by atoms with Gasteiger partial charge in [-0.1, -0.05) is 49.9 Å². The Morgan fingerprint density at radius 2 is 1.84 bits per heavy atom. The second-order valence-corrected chi connectivity index (χ2v) is 11.2. The Balaban J connectivity index is 1.31. The van der Waals surface area contributed by atoms with Crippen molar-refractivity contribution in [2.75, 3.05) is 37.2 Å². The minimum Gasteiger partial charge on any atom is -0.339 e. The molecule has 31 heavy (non-hydrogen) atoms. The van der Waals surface area contributed by atoms with E-state index >= 15 is 0 Å². The third kappa shape index (κ3) is 6.35. The maximum absolute atomic E-state index is 13.3. The number of rotatable bonds is 7. The van der Waals surface area contributed by atoms with Crippen molar-refractivity contribution in [1.29, 1.82) is 0 Å². The SMILES string of the molecule is O=C1CNCCN1CCSc1cnc(NC(=O)N(C2CCCCC2)C2CCCCC2)s1. The number of hydrogen-bond donors (Lipinski definition) is 2. The van der Waals surface area contributed by atoms with Gasteiger partial charge in [-0.15, -0.1) is 11.8 Å². The molecular weight excluding hydrogens is 430 g/mol. The summed E-state index contributed by atoms with van der Waals surface area (Å²) in [4.78, 5) is 33.7. The highest BCUT2D eigenvalue weighted by Gasteiger charge is 2.32. The fraction of sp³-hybridized carbons (Fsp3) is 0.773. The molecule has 0 bridgehead atoms. The number of nitrogens with zero attached hydrogens (tertiary/aromatic N) is 3. The standard InChI is InChI=1S/C22H35N5O2S2/c28-19-15-23-11-12-26(19)13-14-30-20-16-24-21(31-20)25-22(29)27(17-7-3-1-4-8-17)18-9-5-2-6-10-18/h16-18,23H,1-15H2,(H,24,25,29). The van der Waals surface area contributed by atoms with E-state index < -0.39 is 0 Å². The highest BCUT2D eigenvalue weighted by molar-refractivity contribution is 8.01. The van der Waals surface area contributed by atoms with E-state index in [-0.39, 0.29) is 11.9 Å². The Hall–Kier alpha value is -1.32. The lowest BCUT2D eigenvalue weighted by Gasteiger charge is -2.41. The van der Waals surface area contributed by atoms with Crippen LogP contribution in [-0.4, -0.2) is 70.7 Å². The summed E-state index contributed by atoms with van der Waals surface area (Å²) in [5, 5.41) is 6.90. The van der Waals surface area contributed by atoms with Crippen molar-refractivity contribution >= 4 is 40.2 Å². The van der Waals surface area contributed by atoms with Gasteiger partial charge in [-0.2, -0.15) is 0 Å². The molecule has 1 aromatic rings. The molecule has 0 spiro atoms. The normalized spacial score (nSPS) is 21.3. The lowest BCUT2D eigenvalue weighted by molar-refractivity contribution is -0.131. The minimum absolute atomic E-state index is 0.0381. The molecule has 9 heteroatoms. The molecule has 1 aliphatic heterocycles. The molecule has 0 unspecified atom stereocenters. The number of amides is 3. The predicted molar refractivity (Wildman–Crippen MR) is 127 cm³/mol. The van der Waals surface area contributed by atoms with Crippen molar-refractivity contribution in [3.05, 3.63) is 6.20 Å². The van der Waals surface area contributed by atoms with Crippen LogP contribution in [0.2, 0.25) is 0 Å². The number of urea groups is 1. The summed E-state index contributed by atoms with van der Waals surface area (Å²) in [5.41, 5.74) is 0. The van der Waals surface area contributed by atoms with Crippen LogP contribution in [0.1, 0.15) is 64.2 Å². The van der Waals surface area contributed by atoms with E-state index in [0.717, 1.165) is 55.3 Å². The molecule has 4 rings (SSSR count). The number of piperazine rings is 1. The summed E-state index contributed by atoms with van der Waals surface area (Å²) in [6.07, 6.45) is 13.9. The molecule has 0 radical (unpaired) electrons. The largest absolute Gasteiger partial charge is 0.339 e. The minimum atomic E-state index is 0.0381. The van der Waals surface area contributed by atoms with Crippen LogP contribution < -0.4 is 10.6 Å². The molecule has 3 fully saturated rings. The van der Waals surface area contributed by atoms with Gasteiger partial charge in [0.25, 0.3) is 0 Å². The fourth-order valence-electron chi connectivity index (χ4n) is 5.03. The first-order valence-electron chi connectivity index (χ1n) is 11.9. The first kappa shape index (κ1) is 22.9. The zero-order chi connectivity index (χ0) is 21.5. The average molecular weight is 466 g/mol. The zero-order valence-corrected chi connectivity index (χ0v) is 19.9. The second kappa shape index (κ2) is 11.5. The van der Waals surface area contributed by atoms with Gasteiger partial charge in [0.15, 0.2) is 5.13 Å². The number of carbonyl (C=O) groups is 2. The molecule has 2 aliphatic carbocycles. The van der Waals surface area contributed by atoms with Crippen LogP contribution in [0, 0.1) is 0 Å². The summed E-state index contributed by atoms with van der Waals surface area (Å²) in [6.45, 7) is 2.84. The Morgan fingerprint density at radius 3 is 2.48 bits per heavy atom. The third-order valence-corrected chi connectivity index (χ3v) is 8.75. The first-order valence-corrected chi connectivity index (χ1v) is 13.7. The zero-order valence-electron chi connectivity index (χ0n) is 18.3. The van der Waals surface area contributed by atoms with Crippen LogP contribution in [0.3, 0.4) is 0 Å². The highest BCUT2D eigenvalue weighted by Crippen LogP contribution is 2.32. The number of carbonyl (C=O) groups excluding carboxylic acids is 2. The summed E-state index contributed by atoms with van der Waals surface area (Å²) >= 11 is 3.24. The van der Waals surface area contributed by atoms with Crippen molar-refractivity contribution < 1.29 is 9.59 Å². The Labute approximate surface area is 193 Å². The number of hydrogen-bond acceptors (Lipinski definition) is 6. The summed E-state index contributed by atoms with van der Waals surface area (Å²) in [7, 11) is 0. The van der Waals surface area contributed by atoms with Crippen molar-refractivity contribution in [1.82, 2.24) is 20.1 Å². The molecule has 7 nitrogen and oxygen atoms in total. The van der Waals surface area contributed by atoms with Crippen LogP contribution >= 0.6 is 23.1 Å². The molecule has 2 saturated carbocycles. The Kier molecular flexibility index (Phi) is 8.49. The van der Waals surface area contributed by atoms with Crippen LogP contribution in [-0.2, 0) is 4.79 Å².